The van der Waals surface area contributed by atoms with E-state index >= 15 is 0 Å². The van der Waals surface area contributed by atoms with Gasteiger partial charge in [0.05, 0.1) is 7.11 Å². The van der Waals surface area contributed by atoms with Gasteiger partial charge in [-0.15, -0.1) is 0 Å². The highest BCUT2D eigenvalue weighted by Crippen LogP contribution is 2.23. The van der Waals surface area contributed by atoms with Gasteiger partial charge in [-0.3, -0.25) is 9.89 Å². The van der Waals surface area contributed by atoms with Crippen LogP contribution in [0.1, 0.15) is 11.4 Å². The number of ether oxygens (including phenoxy) is 1. The highest BCUT2D eigenvalue weighted by Gasteiger charge is 2.02. The van der Waals surface area contributed by atoms with Crippen LogP contribution in [0.25, 0.3) is 6.08 Å². The van der Waals surface area contributed by atoms with Crippen LogP contribution in [0.3, 0.4) is 0 Å². The lowest BCUT2D eigenvalue weighted by Crippen LogP contribution is -2.23. The molecule has 6 nitrogen and oxygen atoms in total. The zero-order valence-electron chi connectivity index (χ0n) is 11.5. The van der Waals surface area contributed by atoms with Gasteiger partial charge in [0.2, 0.25) is 5.91 Å². The number of nitrogens with zero attached hydrogens (tertiary/aromatic N) is 2. The summed E-state index contributed by atoms with van der Waals surface area (Å²) in [4.78, 5) is 15.7. The van der Waals surface area contributed by atoms with Gasteiger partial charge in [0.25, 0.3) is 0 Å². The fraction of sp³-hybridized carbons (Fsp3) is 0.214. The van der Waals surface area contributed by atoms with Gasteiger partial charge in [0.15, 0.2) is 0 Å². The fourth-order valence-corrected chi connectivity index (χ4v) is 2.09. The van der Waals surface area contributed by atoms with Crippen LogP contribution in [0.5, 0.6) is 5.75 Å². The average molecular weight is 351 g/mol. The highest BCUT2D eigenvalue weighted by atomic mass is 79.9. The Morgan fingerprint density at radius 3 is 3.10 bits per heavy atom. The first-order valence-corrected chi connectivity index (χ1v) is 7.12. The van der Waals surface area contributed by atoms with Crippen molar-refractivity contribution in [3.63, 3.8) is 0 Å². The summed E-state index contributed by atoms with van der Waals surface area (Å²) in [5.74, 6) is 1.29. The molecule has 0 spiro atoms. The van der Waals surface area contributed by atoms with Crippen LogP contribution in [0.2, 0.25) is 0 Å². The zero-order chi connectivity index (χ0) is 15.1. The lowest BCUT2D eigenvalue weighted by Gasteiger charge is -2.05. The summed E-state index contributed by atoms with van der Waals surface area (Å²) in [7, 11) is 1.60. The number of rotatable bonds is 6. The fourth-order valence-electron chi connectivity index (χ4n) is 1.72. The van der Waals surface area contributed by atoms with Crippen LogP contribution >= 0.6 is 15.9 Å². The highest BCUT2D eigenvalue weighted by molar-refractivity contribution is 9.10. The number of aromatic amines is 1. The van der Waals surface area contributed by atoms with E-state index in [1.54, 1.807) is 13.2 Å². The van der Waals surface area contributed by atoms with Crippen LogP contribution in [0.15, 0.2) is 35.1 Å². The first kappa shape index (κ1) is 15.2. The summed E-state index contributed by atoms with van der Waals surface area (Å²) in [5, 5.41) is 9.26. The SMILES string of the molecule is COc1ccc(Br)cc1C=CC(=O)NCCc1ncn[nH]1. The average Bonchev–Trinajstić information content (AvgIpc) is 2.98. The summed E-state index contributed by atoms with van der Waals surface area (Å²) < 4.78 is 6.16. The van der Waals surface area contributed by atoms with E-state index in [4.69, 9.17) is 4.74 Å². The van der Waals surface area contributed by atoms with Gasteiger partial charge in [0, 0.05) is 29.1 Å². The van der Waals surface area contributed by atoms with Gasteiger partial charge >= 0.3 is 0 Å². The van der Waals surface area contributed by atoms with E-state index in [9.17, 15) is 4.79 Å². The van der Waals surface area contributed by atoms with Gasteiger partial charge in [-0.2, -0.15) is 5.10 Å². The Morgan fingerprint density at radius 1 is 1.52 bits per heavy atom. The van der Waals surface area contributed by atoms with E-state index in [-0.39, 0.29) is 5.91 Å². The molecule has 0 saturated carbocycles. The van der Waals surface area contributed by atoms with Crippen LogP contribution < -0.4 is 10.1 Å². The summed E-state index contributed by atoms with van der Waals surface area (Å²) in [6.07, 6.45) is 5.24. The zero-order valence-corrected chi connectivity index (χ0v) is 13.1. The van der Waals surface area contributed by atoms with E-state index in [1.807, 2.05) is 18.2 Å². The van der Waals surface area contributed by atoms with Crippen molar-refractivity contribution in [1.29, 1.82) is 0 Å². The van der Waals surface area contributed by atoms with Crippen molar-refractivity contribution in [2.45, 2.75) is 6.42 Å². The van der Waals surface area contributed by atoms with Crippen molar-refractivity contribution in [3.8, 4) is 5.75 Å². The molecule has 0 atom stereocenters. The molecule has 0 aliphatic rings. The Labute approximate surface area is 130 Å². The van der Waals surface area contributed by atoms with Crippen molar-refractivity contribution < 1.29 is 9.53 Å². The number of H-pyrrole nitrogens is 1. The van der Waals surface area contributed by atoms with Crippen LogP contribution in [-0.4, -0.2) is 34.7 Å². The molecule has 0 aliphatic carbocycles. The lowest BCUT2D eigenvalue weighted by atomic mass is 10.2. The predicted molar refractivity (Wildman–Crippen MR) is 82.8 cm³/mol. The summed E-state index contributed by atoms with van der Waals surface area (Å²) in [6, 6.07) is 5.61. The van der Waals surface area contributed by atoms with Crippen molar-refractivity contribution >= 4 is 27.9 Å². The van der Waals surface area contributed by atoms with E-state index < -0.39 is 0 Å². The maximum Gasteiger partial charge on any atom is 0.244 e. The third-order valence-corrected chi connectivity index (χ3v) is 3.23. The number of methoxy groups -OCH3 is 1. The number of aromatic nitrogens is 3. The topological polar surface area (TPSA) is 79.9 Å². The number of hydrogen-bond acceptors (Lipinski definition) is 4. The maximum atomic E-state index is 11.7. The molecule has 110 valence electrons. The molecule has 2 N–H and O–H groups in total. The second-order valence-electron chi connectivity index (χ2n) is 4.19. The minimum Gasteiger partial charge on any atom is -0.496 e. The molecule has 1 heterocycles. The smallest absolute Gasteiger partial charge is 0.244 e. The Morgan fingerprint density at radius 2 is 2.38 bits per heavy atom. The second-order valence-corrected chi connectivity index (χ2v) is 5.11. The number of carbonyl (C=O) groups excluding carboxylic acids is 1. The van der Waals surface area contributed by atoms with Crippen molar-refractivity contribution in [3.05, 3.63) is 46.5 Å². The van der Waals surface area contributed by atoms with E-state index in [0.29, 0.717) is 18.7 Å². The van der Waals surface area contributed by atoms with Gasteiger partial charge < -0.3 is 10.1 Å². The summed E-state index contributed by atoms with van der Waals surface area (Å²) in [6.45, 7) is 0.494. The summed E-state index contributed by atoms with van der Waals surface area (Å²) in [5.41, 5.74) is 0.831. The van der Waals surface area contributed by atoms with E-state index in [0.717, 1.165) is 15.9 Å². The second kappa shape index (κ2) is 7.58. The van der Waals surface area contributed by atoms with Gasteiger partial charge in [-0.1, -0.05) is 15.9 Å². The molecule has 2 aromatic rings. The van der Waals surface area contributed by atoms with Crippen LogP contribution in [0, 0.1) is 0 Å². The maximum absolute atomic E-state index is 11.7. The molecule has 0 saturated heterocycles. The predicted octanol–water partition coefficient (Wildman–Crippen LogP) is 1.95. The third kappa shape index (κ3) is 4.71. The molecule has 0 aliphatic heterocycles. The molecule has 1 aromatic carbocycles. The molecule has 0 bridgehead atoms. The Bertz CT molecular complexity index is 626. The normalized spacial score (nSPS) is 10.8. The number of hydrogen-bond donors (Lipinski definition) is 2. The van der Waals surface area contributed by atoms with Gasteiger partial charge in [-0.25, -0.2) is 4.98 Å². The number of amides is 1. The van der Waals surface area contributed by atoms with Gasteiger partial charge in [-0.05, 0) is 24.3 Å². The molecule has 21 heavy (non-hydrogen) atoms. The standard InChI is InChI=1S/C14H15BrN4O2/c1-21-12-4-3-11(15)8-10(12)2-5-14(20)16-7-6-13-17-9-18-19-13/h2-5,8-9H,6-7H2,1H3,(H,16,20)(H,17,18,19). The van der Waals surface area contributed by atoms with Crippen molar-refractivity contribution in [1.82, 2.24) is 20.5 Å². The molecule has 0 radical (unpaired) electrons. The van der Waals surface area contributed by atoms with Crippen LogP contribution in [0.4, 0.5) is 0 Å². The molecule has 1 aromatic heterocycles. The summed E-state index contributed by atoms with van der Waals surface area (Å²) >= 11 is 3.39. The first-order valence-electron chi connectivity index (χ1n) is 6.32. The van der Waals surface area contributed by atoms with Crippen molar-refractivity contribution in [2.75, 3.05) is 13.7 Å². The molecular weight excluding hydrogens is 336 g/mol. The number of halogens is 1. The van der Waals surface area contributed by atoms with E-state index in [2.05, 4.69) is 36.4 Å². The molecule has 1 amide bonds. The first-order chi connectivity index (χ1) is 10.2. The Kier molecular flexibility index (Phi) is 5.51. The Hall–Kier alpha value is -2.15. The number of carbonyl (C=O) groups is 1. The molecule has 2 rings (SSSR count). The van der Waals surface area contributed by atoms with Gasteiger partial charge in [0.1, 0.15) is 17.9 Å². The molecule has 7 heteroatoms. The number of benzene rings is 1. The Balaban J connectivity index is 1.88. The number of nitrogens with one attached hydrogen (secondary N) is 2. The third-order valence-electron chi connectivity index (χ3n) is 2.73. The molecular formula is C14H15BrN4O2. The monoisotopic (exact) mass is 350 g/mol. The lowest BCUT2D eigenvalue weighted by molar-refractivity contribution is -0.116. The quantitative estimate of drug-likeness (QED) is 0.780. The van der Waals surface area contributed by atoms with Crippen molar-refractivity contribution in [2.24, 2.45) is 0 Å². The van der Waals surface area contributed by atoms with E-state index in [1.165, 1.54) is 12.4 Å². The largest absolute Gasteiger partial charge is 0.496 e. The minimum absolute atomic E-state index is 0.170. The molecule has 0 fully saturated rings. The minimum atomic E-state index is -0.170. The van der Waals surface area contributed by atoms with Crippen LogP contribution in [-0.2, 0) is 11.2 Å². The molecule has 0 unspecified atom stereocenters.